The minimum Gasteiger partial charge on any atom is -0.485 e. The van der Waals surface area contributed by atoms with Gasteiger partial charge in [-0.25, -0.2) is 4.98 Å². The lowest BCUT2D eigenvalue weighted by Gasteiger charge is -2.30. The van der Waals surface area contributed by atoms with Crippen LogP contribution in [0, 0.1) is 6.92 Å². The van der Waals surface area contributed by atoms with E-state index >= 15 is 0 Å². The van der Waals surface area contributed by atoms with Crippen molar-refractivity contribution in [3.63, 3.8) is 0 Å². The van der Waals surface area contributed by atoms with Crippen LogP contribution in [-0.2, 0) is 4.79 Å². The smallest absolute Gasteiger partial charge is 0.273 e. The summed E-state index contributed by atoms with van der Waals surface area (Å²) in [5.41, 5.74) is 2.04. The van der Waals surface area contributed by atoms with Crippen LogP contribution < -0.4 is 14.4 Å². The Kier molecular flexibility index (Phi) is 5.19. The van der Waals surface area contributed by atoms with Gasteiger partial charge in [0.1, 0.15) is 6.61 Å². The van der Waals surface area contributed by atoms with Crippen molar-refractivity contribution in [1.29, 1.82) is 0 Å². The lowest BCUT2D eigenvalue weighted by Crippen LogP contribution is -2.48. The molecular weight excluding hydrogens is 374 g/mol. The molecule has 1 aromatic heterocycles. The van der Waals surface area contributed by atoms with Crippen LogP contribution in [0.25, 0.3) is 10.2 Å². The second kappa shape index (κ2) is 7.77. The third-order valence-corrected chi connectivity index (χ3v) is 5.70. The van der Waals surface area contributed by atoms with E-state index in [2.05, 4.69) is 0 Å². The number of likely N-dealkylation sites (N-methyl/N-ethyl adjacent to an activating group) is 1. The zero-order valence-electron chi connectivity index (χ0n) is 16.2. The molecule has 0 spiro atoms. The highest BCUT2D eigenvalue weighted by molar-refractivity contribution is 7.22. The Morgan fingerprint density at radius 1 is 1.14 bits per heavy atom. The van der Waals surface area contributed by atoms with Gasteiger partial charge in [-0.3, -0.25) is 9.69 Å². The summed E-state index contributed by atoms with van der Waals surface area (Å²) in [5, 5.41) is 0.693. The Bertz CT molecular complexity index is 1000. The van der Waals surface area contributed by atoms with Crippen LogP contribution in [0.2, 0.25) is 0 Å². The quantitative estimate of drug-likeness (QED) is 0.661. The van der Waals surface area contributed by atoms with Crippen LogP contribution in [0.3, 0.4) is 0 Å². The van der Waals surface area contributed by atoms with Crippen LogP contribution in [0.1, 0.15) is 5.56 Å². The predicted molar refractivity (Wildman–Crippen MR) is 112 cm³/mol. The molecule has 28 heavy (non-hydrogen) atoms. The number of hydrogen-bond donors (Lipinski definition) is 0. The summed E-state index contributed by atoms with van der Waals surface area (Å²) >= 11 is 1.53. The molecule has 1 aliphatic rings. The highest BCUT2D eigenvalue weighted by atomic mass is 32.1. The van der Waals surface area contributed by atoms with Gasteiger partial charge in [-0.1, -0.05) is 35.6 Å². The number of fused-ring (bicyclic) bond motifs is 2. The number of benzene rings is 2. The Balaban J connectivity index is 1.63. The maximum atomic E-state index is 13.4. The Hall–Kier alpha value is -2.64. The highest BCUT2D eigenvalue weighted by Gasteiger charge is 2.33. The fraction of sp³-hybridized carbons (Fsp3) is 0.333. The number of aromatic nitrogens is 1. The van der Waals surface area contributed by atoms with Gasteiger partial charge in [0.05, 0.1) is 10.2 Å². The molecule has 146 valence electrons. The summed E-state index contributed by atoms with van der Waals surface area (Å²) in [6.07, 6.45) is -0.690. The van der Waals surface area contributed by atoms with E-state index in [0.29, 0.717) is 23.2 Å². The summed E-state index contributed by atoms with van der Waals surface area (Å²) in [4.78, 5) is 21.9. The van der Waals surface area contributed by atoms with Gasteiger partial charge < -0.3 is 14.4 Å². The van der Waals surface area contributed by atoms with E-state index in [0.717, 1.165) is 22.3 Å². The molecule has 0 N–H and O–H groups in total. The van der Waals surface area contributed by atoms with Gasteiger partial charge in [0.2, 0.25) is 6.10 Å². The molecular formula is C21H23N3O3S. The molecule has 4 rings (SSSR count). The number of thiazole rings is 1. The molecule has 0 saturated carbocycles. The molecule has 2 heterocycles. The second-order valence-electron chi connectivity index (χ2n) is 7.08. The van der Waals surface area contributed by atoms with Gasteiger partial charge in [-0.05, 0) is 44.8 Å². The first-order valence-electron chi connectivity index (χ1n) is 9.23. The van der Waals surface area contributed by atoms with E-state index in [1.54, 1.807) is 4.90 Å². The van der Waals surface area contributed by atoms with Crippen LogP contribution in [0.5, 0.6) is 11.5 Å². The molecule has 1 atom stereocenters. The topological polar surface area (TPSA) is 54.9 Å². The van der Waals surface area contributed by atoms with Crippen molar-refractivity contribution in [2.75, 3.05) is 38.7 Å². The number of amides is 1. The molecule has 1 aliphatic heterocycles. The molecule has 0 saturated heterocycles. The normalized spacial score (nSPS) is 15.8. The molecule has 7 heteroatoms. The van der Waals surface area contributed by atoms with E-state index in [1.165, 1.54) is 11.3 Å². The Morgan fingerprint density at radius 3 is 2.68 bits per heavy atom. The van der Waals surface area contributed by atoms with E-state index in [4.69, 9.17) is 14.5 Å². The molecule has 2 aromatic carbocycles. The minimum atomic E-state index is -0.690. The number of anilines is 1. The lowest BCUT2D eigenvalue weighted by atomic mass is 10.2. The number of para-hydroxylation sites is 3. The monoisotopic (exact) mass is 397 g/mol. The van der Waals surface area contributed by atoms with Crippen molar-refractivity contribution >= 4 is 32.6 Å². The summed E-state index contributed by atoms with van der Waals surface area (Å²) in [7, 11) is 3.98. The molecule has 1 amide bonds. The van der Waals surface area contributed by atoms with Gasteiger partial charge in [0.25, 0.3) is 5.91 Å². The van der Waals surface area contributed by atoms with Gasteiger partial charge in [0, 0.05) is 13.1 Å². The van der Waals surface area contributed by atoms with Gasteiger partial charge >= 0.3 is 0 Å². The van der Waals surface area contributed by atoms with Gasteiger partial charge in [-0.15, -0.1) is 0 Å². The fourth-order valence-corrected chi connectivity index (χ4v) is 4.18. The number of hydrogen-bond acceptors (Lipinski definition) is 6. The van der Waals surface area contributed by atoms with Crippen molar-refractivity contribution in [2.24, 2.45) is 0 Å². The summed E-state index contributed by atoms with van der Waals surface area (Å²) in [6, 6.07) is 13.5. The van der Waals surface area contributed by atoms with Crippen LogP contribution >= 0.6 is 11.3 Å². The summed E-state index contributed by atoms with van der Waals surface area (Å²) in [5.74, 6) is 1.13. The molecule has 0 bridgehead atoms. The van der Waals surface area contributed by atoms with Crippen LogP contribution in [-0.4, -0.2) is 55.7 Å². The van der Waals surface area contributed by atoms with E-state index in [9.17, 15) is 4.79 Å². The summed E-state index contributed by atoms with van der Waals surface area (Å²) < 4.78 is 12.8. The molecule has 0 aliphatic carbocycles. The standard InChI is InChI=1S/C21H23N3O3S/c1-14-7-6-10-18-19(14)22-21(28-18)24(12-11-23(2)3)20(25)17-13-26-15-8-4-5-9-16(15)27-17/h4-10,17H,11-13H2,1-3H3. The minimum absolute atomic E-state index is 0.131. The molecule has 1 unspecified atom stereocenters. The van der Waals surface area contributed by atoms with Crippen molar-refractivity contribution in [1.82, 2.24) is 9.88 Å². The molecule has 0 radical (unpaired) electrons. The summed E-state index contributed by atoms with van der Waals surface area (Å²) in [6.45, 7) is 3.49. The second-order valence-corrected chi connectivity index (χ2v) is 8.08. The lowest BCUT2D eigenvalue weighted by molar-refractivity contribution is -0.127. The Morgan fingerprint density at radius 2 is 1.93 bits per heavy atom. The number of aryl methyl sites for hydroxylation is 1. The van der Waals surface area contributed by atoms with Crippen molar-refractivity contribution in [3.05, 3.63) is 48.0 Å². The SMILES string of the molecule is Cc1cccc2sc(N(CCN(C)C)C(=O)C3COc4ccccc4O3)nc12. The van der Waals surface area contributed by atoms with Gasteiger partial charge in [-0.2, -0.15) is 0 Å². The maximum absolute atomic E-state index is 13.4. The third-order valence-electron chi connectivity index (χ3n) is 4.66. The van der Waals surface area contributed by atoms with Crippen molar-refractivity contribution in [2.45, 2.75) is 13.0 Å². The third kappa shape index (κ3) is 3.68. The molecule has 3 aromatic rings. The first-order chi connectivity index (χ1) is 13.5. The largest absolute Gasteiger partial charge is 0.485 e. The highest BCUT2D eigenvalue weighted by Crippen LogP contribution is 2.34. The fourth-order valence-electron chi connectivity index (χ4n) is 3.11. The number of ether oxygens (including phenoxy) is 2. The van der Waals surface area contributed by atoms with E-state index in [1.807, 2.05) is 68.4 Å². The van der Waals surface area contributed by atoms with Crippen molar-refractivity contribution in [3.8, 4) is 11.5 Å². The maximum Gasteiger partial charge on any atom is 0.273 e. The van der Waals surface area contributed by atoms with E-state index < -0.39 is 6.10 Å². The van der Waals surface area contributed by atoms with Crippen molar-refractivity contribution < 1.29 is 14.3 Å². The van der Waals surface area contributed by atoms with Crippen LogP contribution in [0.4, 0.5) is 5.13 Å². The number of rotatable bonds is 5. The first-order valence-corrected chi connectivity index (χ1v) is 10.1. The van der Waals surface area contributed by atoms with E-state index in [-0.39, 0.29) is 12.5 Å². The average Bonchev–Trinajstić information content (AvgIpc) is 3.12. The first kappa shape index (κ1) is 18.7. The zero-order valence-corrected chi connectivity index (χ0v) is 17.0. The average molecular weight is 398 g/mol. The Labute approximate surface area is 168 Å². The zero-order chi connectivity index (χ0) is 19.7. The molecule has 6 nitrogen and oxygen atoms in total. The number of carbonyl (C=O) groups is 1. The van der Waals surface area contributed by atoms with Gasteiger partial charge in [0.15, 0.2) is 16.6 Å². The van der Waals surface area contributed by atoms with Crippen LogP contribution in [0.15, 0.2) is 42.5 Å². The number of nitrogens with zero attached hydrogens (tertiary/aromatic N) is 3. The predicted octanol–water partition coefficient (Wildman–Crippen LogP) is 3.34. The number of carbonyl (C=O) groups excluding carboxylic acids is 1. The molecule has 0 fully saturated rings.